The average molecular weight is 402 g/mol. The van der Waals surface area contributed by atoms with Gasteiger partial charge in [-0.25, -0.2) is 0 Å². The van der Waals surface area contributed by atoms with Crippen LogP contribution in [0.25, 0.3) is 0 Å². The first kappa shape index (κ1) is 19.8. The Balaban J connectivity index is 1.92. The van der Waals surface area contributed by atoms with E-state index in [4.69, 9.17) is 5.11 Å². The largest absolute Gasteiger partial charge is 0.481 e. The first-order valence-electron chi connectivity index (χ1n) is 8.52. The van der Waals surface area contributed by atoms with Crippen LogP contribution in [0.4, 0.5) is 0 Å². The van der Waals surface area contributed by atoms with E-state index in [2.05, 4.69) is 0 Å². The third-order valence-electron chi connectivity index (χ3n) is 4.84. The van der Waals surface area contributed by atoms with Crippen LogP contribution in [0.5, 0.6) is 0 Å². The molecule has 3 atom stereocenters. The van der Waals surface area contributed by atoms with Crippen LogP contribution < -0.4 is 0 Å². The van der Waals surface area contributed by atoms with Crippen molar-refractivity contribution >= 4 is 40.6 Å². The number of carbonyl (C=O) groups is 5. The molecule has 0 saturated carbocycles. The van der Waals surface area contributed by atoms with Gasteiger partial charge in [0.05, 0.1) is 17.0 Å². The molecule has 1 aromatic carbocycles. The molecule has 2 heterocycles. The van der Waals surface area contributed by atoms with E-state index >= 15 is 0 Å². The second-order valence-corrected chi connectivity index (χ2v) is 7.94. The highest BCUT2D eigenvalue weighted by Gasteiger charge is 2.56. The van der Waals surface area contributed by atoms with Gasteiger partial charge in [0.25, 0.3) is 17.7 Å². The number of hydrogen-bond acceptors (Lipinski definition) is 6. The fourth-order valence-corrected chi connectivity index (χ4v) is 4.11. The summed E-state index contributed by atoms with van der Waals surface area (Å²) in [6, 6.07) is 5.17. The van der Waals surface area contributed by atoms with Crippen LogP contribution in [0.2, 0.25) is 0 Å². The number of thioether (sulfide) groups is 1. The van der Waals surface area contributed by atoms with Crippen LogP contribution in [0.1, 0.15) is 41.5 Å². The number of carboxylic acids is 1. The van der Waals surface area contributed by atoms with Crippen molar-refractivity contribution in [2.24, 2.45) is 5.92 Å². The zero-order valence-electron chi connectivity index (χ0n) is 15.4. The number of rotatable bonds is 5. The summed E-state index contributed by atoms with van der Waals surface area (Å²) in [4.78, 5) is 63.1. The quantitative estimate of drug-likeness (QED) is 0.589. The van der Waals surface area contributed by atoms with Crippen molar-refractivity contribution < 1.29 is 29.1 Å². The van der Waals surface area contributed by atoms with E-state index in [1.807, 2.05) is 0 Å². The van der Waals surface area contributed by atoms with E-state index in [1.54, 1.807) is 19.1 Å². The minimum absolute atomic E-state index is 0.219. The van der Waals surface area contributed by atoms with Crippen LogP contribution in [-0.4, -0.2) is 55.1 Å². The number of hydrogen-bond donors (Lipinski definition) is 1. The molecule has 28 heavy (non-hydrogen) atoms. The van der Waals surface area contributed by atoms with Gasteiger partial charge in [-0.15, -0.1) is 0 Å². The first-order valence-corrected chi connectivity index (χ1v) is 9.40. The van der Waals surface area contributed by atoms with Gasteiger partial charge in [-0.05, 0) is 31.6 Å². The van der Waals surface area contributed by atoms with E-state index in [0.717, 1.165) is 16.7 Å². The van der Waals surface area contributed by atoms with Crippen molar-refractivity contribution in [2.75, 3.05) is 0 Å². The Hall–Kier alpha value is -2.94. The average Bonchev–Trinajstić information content (AvgIpc) is 2.90. The van der Waals surface area contributed by atoms with Crippen LogP contribution >= 0.6 is 11.8 Å². The predicted octanol–water partition coefficient (Wildman–Crippen LogP) is 1.72. The van der Waals surface area contributed by atoms with Crippen molar-refractivity contribution in [2.45, 2.75) is 32.2 Å². The minimum atomic E-state index is -1.12. The van der Waals surface area contributed by atoms with Crippen molar-refractivity contribution in [3.63, 3.8) is 0 Å². The van der Waals surface area contributed by atoms with E-state index in [9.17, 15) is 24.0 Å². The van der Waals surface area contributed by atoms with Gasteiger partial charge in [0.15, 0.2) is 5.12 Å². The smallest absolute Gasteiger partial charge is 0.310 e. The summed E-state index contributed by atoms with van der Waals surface area (Å²) in [6.07, 6.45) is 1.37. The molecule has 146 valence electrons. The Morgan fingerprint density at radius 2 is 1.64 bits per heavy atom. The van der Waals surface area contributed by atoms with Crippen LogP contribution in [0.15, 0.2) is 36.0 Å². The molecule has 1 aromatic rings. The van der Waals surface area contributed by atoms with Crippen molar-refractivity contribution in [1.29, 1.82) is 0 Å². The number of likely N-dealkylation sites (tertiary alicyclic amines) is 1. The highest BCUT2D eigenvalue weighted by atomic mass is 32.2. The monoisotopic (exact) mass is 402 g/mol. The number of aliphatic carboxylic acids is 1. The summed E-state index contributed by atoms with van der Waals surface area (Å²) in [5, 5.41) is 8.03. The van der Waals surface area contributed by atoms with E-state index in [-0.39, 0.29) is 16.2 Å². The number of benzene rings is 1. The standard InChI is InChI=1S/C19H18N2O6S/c1-9(10(2)19(26)27)8-20-17(25)14(18(20)28-11(3)22)21-15(23)12-6-4-5-7-13(12)16(21)24/h4-8,10,14,18H,1-3H3,(H,26,27)/b9-8+. The normalized spacial score (nSPS) is 22.8. The lowest BCUT2D eigenvalue weighted by Crippen LogP contribution is -2.68. The molecule has 3 amide bonds. The number of carboxylic acid groups (broad SMARTS) is 1. The fourth-order valence-electron chi connectivity index (χ4n) is 3.12. The third-order valence-corrected chi connectivity index (χ3v) is 5.90. The summed E-state index contributed by atoms with van der Waals surface area (Å²) >= 11 is 0.821. The Kier molecular flexibility index (Phi) is 5.12. The third kappa shape index (κ3) is 3.11. The molecule has 2 aliphatic heterocycles. The van der Waals surface area contributed by atoms with Crippen LogP contribution in [0, 0.1) is 5.92 Å². The predicted molar refractivity (Wildman–Crippen MR) is 100 cm³/mol. The topological polar surface area (TPSA) is 112 Å². The van der Waals surface area contributed by atoms with Crippen molar-refractivity contribution in [1.82, 2.24) is 9.80 Å². The van der Waals surface area contributed by atoms with E-state index in [0.29, 0.717) is 5.57 Å². The summed E-state index contributed by atoms with van der Waals surface area (Å²) in [5.41, 5.74) is 0.851. The van der Waals surface area contributed by atoms with Gasteiger partial charge in [0.1, 0.15) is 11.4 Å². The molecule has 8 nitrogen and oxygen atoms in total. The number of fused-ring (bicyclic) bond motifs is 1. The highest BCUT2D eigenvalue weighted by Crippen LogP contribution is 2.38. The molecule has 0 spiro atoms. The molecule has 0 radical (unpaired) electrons. The van der Waals surface area contributed by atoms with Gasteiger partial charge in [-0.3, -0.25) is 28.9 Å². The molecule has 3 rings (SSSR count). The Morgan fingerprint density at radius 1 is 1.11 bits per heavy atom. The molecule has 1 saturated heterocycles. The molecular weight excluding hydrogens is 384 g/mol. The van der Waals surface area contributed by atoms with Gasteiger partial charge < -0.3 is 10.0 Å². The van der Waals surface area contributed by atoms with E-state index < -0.39 is 41.0 Å². The van der Waals surface area contributed by atoms with Crippen molar-refractivity contribution in [3.8, 4) is 0 Å². The maximum Gasteiger partial charge on any atom is 0.310 e. The molecule has 0 aromatic heterocycles. The Labute approximate surface area is 165 Å². The second kappa shape index (κ2) is 7.23. The van der Waals surface area contributed by atoms with Gasteiger partial charge >= 0.3 is 5.97 Å². The number of imide groups is 1. The lowest BCUT2D eigenvalue weighted by atomic mass is 10.0. The second-order valence-electron chi connectivity index (χ2n) is 6.65. The Bertz CT molecular complexity index is 905. The lowest BCUT2D eigenvalue weighted by molar-refractivity contribution is -0.145. The summed E-state index contributed by atoms with van der Waals surface area (Å²) in [6.45, 7) is 4.37. The van der Waals surface area contributed by atoms with Gasteiger partial charge in [-0.2, -0.15) is 0 Å². The summed E-state index contributed by atoms with van der Waals surface area (Å²) in [7, 11) is 0. The first-order chi connectivity index (χ1) is 13.1. The number of amides is 3. The minimum Gasteiger partial charge on any atom is -0.481 e. The Morgan fingerprint density at radius 3 is 2.11 bits per heavy atom. The molecule has 2 aliphatic rings. The molecule has 1 fully saturated rings. The number of carbonyl (C=O) groups excluding carboxylic acids is 4. The zero-order chi connectivity index (χ0) is 20.7. The summed E-state index contributed by atoms with van der Waals surface area (Å²) in [5.74, 6) is -3.56. The number of β-lactam (4-membered cyclic amide) rings is 1. The molecular formula is C19H18N2O6S. The summed E-state index contributed by atoms with van der Waals surface area (Å²) < 4.78 is 0. The SMILES string of the molecule is CC(=O)SC1C(N2C(=O)c3ccccc3C2=O)C(=O)N1/C=C(\C)C(C)C(=O)O. The van der Waals surface area contributed by atoms with Gasteiger partial charge in [0, 0.05) is 13.1 Å². The molecule has 0 aliphatic carbocycles. The van der Waals surface area contributed by atoms with Crippen LogP contribution in [0.3, 0.4) is 0 Å². The maximum absolute atomic E-state index is 12.8. The maximum atomic E-state index is 12.8. The fraction of sp³-hybridized carbons (Fsp3) is 0.316. The van der Waals surface area contributed by atoms with Crippen molar-refractivity contribution in [3.05, 3.63) is 47.2 Å². The van der Waals surface area contributed by atoms with Gasteiger partial charge in [0.2, 0.25) is 0 Å². The molecule has 1 N–H and O–H groups in total. The number of nitrogens with zero attached hydrogens (tertiary/aromatic N) is 2. The zero-order valence-corrected chi connectivity index (χ0v) is 16.2. The molecule has 0 bridgehead atoms. The molecule has 3 unspecified atom stereocenters. The van der Waals surface area contributed by atoms with E-state index in [1.165, 1.54) is 37.1 Å². The highest BCUT2D eigenvalue weighted by molar-refractivity contribution is 8.14. The lowest BCUT2D eigenvalue weighted by Gasteiger charge is -2.47. The van der Waals surface area contributed by atoms with Gasteiger partial charge in [-0.1, -0.05) is 23.9 Å². The molecule has 9 heteroatoms. The van der Waals surface area contributed by atoms with Crippen LogP contribution in [-0.2, 0) is 14.4 Å².